The molecule has 1 aromatic rings. The summed E-state index contributed by atoms with van der Waals surface area (Å²) in [7, 11) is 0. The highest BCUT2D eigenvalue weighted by molar-refractivity contribution is 14.0. The van der Waals surface area contributed by atoms with Crippen molar-refractivity contribution in [3.63, 3.8) is 0 Å². The van der Waals surface area contributed by atoms with Gasteiger partial charge in [0.05, 0.1) is 18.2 Å². The van der Waals surface area contributed by atoms with Gasteiger partial charge >= 0.3 is 0 Å². The van der Waals surface area contributed by atoms with Gasteiger partial charge < -0.3 is 15.4 Å². The van der Waals surface area contributed by atoms with Gasteiger partial charge in [0.25, 0.3) is 0 Å². The zero-order chi connectivity index (χ0) is 16.2. The van der Waals surface area contributed by atoms with Gasteiger partial charge in [0.1, 0.15) is 5.82 Å². The van der Waals surface area contributed by atoms with Crippen LogP contribution >= 0.6 is 24.0 Å². The smallest absolute Gasteiger partial charge is 0.191 e. The summed E-state index contributed by atoms with van der Waals surface area (Å²) in [6, 6.07) is 6.28. The molecule has 0 saturated carbocycles. The molecule has 0 radical (unpaired) electrons. The Bertz CT molecular complexity index is 531. The van der Waals surface area contributed by atoms with Crippen molar-refractivity contribution in [2.75, 3.05) is 26.3 Å². The summed E-state index contributed by atoms with van der Waals surface area (Å²) in [4.78, 5) is 4.34. The molecule has 1 aromatic carbocycles. The molecule has 0 heterocycles. The average Bonchev–Trinajstić information content (AvgIpc) is 2.53. The number of aliphatic imine (C=N–C) groups is 1. The quantitative estimate of drug-likeness (QED) is 0.286. The fraction of sp³-hybridized carbons (Fsp3) is 0.500. The van der Waals surface area contributed by atoms with Crippen molar-refractivity contribution in [2.24, 2.45) is 4.99 Å². The van der Waals surface area contributed by atoms with Crippen LogP contribution in [0, 0.1) is 17.1 Å². The van der Waals surface area contributed by atoms with Crippen molar-refractivity contribution in [2.45, 2.75) is 26.8 Å². The SMILES string of the molecule is CCNC(=NCc1cc(C#N)ccc1F)NCCCOCC.I. The van der Waals surface area contributed by atoms with Crippen LogP contribution in [0.4, 0.5) is 4.39 Å². The Morgan fingerprint density at radius 1 is 1.35 bits per heavy atom. The van der Waals surface area contributed by atoms with Gasteiger partial charge in [-0.3, -0.25) is 0 Å². The molecule has 0 unspecified atom stereocenters. The molecule has 0 spiro atoms. The molecule has 0 aliphatic rings. The molecule has 0 bridgehead atoms. The summed E-state index contributed by atoms with van der Waals surface area (Å²) in [5.41, 5.74) is 0.840. The number of nitrogens with zero attached hydrogens (tertiary/aromatic N) is 2. The fourth-order valence-electron chi connectivity index (χ4n) is 1.80. The van der Waals surface area contributed by atoms with Gasteiger partial charge in [0.2, 0.25) is 0 Å². The lowest BCUT2D eigenvalue weighted by molar-refractivity contribution is 0.145. The van der Waals surface area contributed by atoms with E-state index in [0.717, 1.165) is 19.5 Å². The molecule has 23 heavy (non-hydrogen) atoms. The van der Waals surface area contributed by atoms with E-state index in [1.165, 1.54) is 18.2 Å². The van der Waals surface area contributed by atoms with Crippen molar-refractivity contribution in [1.29, 1.82) is 5.26 Å². The lowest BCUT2D eigenvalue weighted by atomic mass is 10.1. The average molecular weight is 434 g/mol. The maximum atomic E-state index is 13.7. The first-order valence-electron chi connectivity index (χ1n) is 7.49. The van der Waals surface area contributed by atoms with Gasteiger partial charge in [0, 0.05) is 31.9 Å². The van der Waals surface area contributed by atoms with Crippen molar-refractivity contribution in [1.82, 2.24) is 10.6 Å². The van der Waals surface area contributed by atoms with E-state index in [1.54, 1.807) is 0 Å². The second kappa shape index (κ2) is 13.1. The third kappa shape index (κ3) is 8.71. The van der Waals surface area contributed by atoms with Crippen LogP contribution in [0.1, 0.15) is 31.4 Å². The Kier molecular flexibility index (Phi) is 12.3. The van der Waals surface area contributed by atoms with E-state index < -0.39 is 0 Å². The van der Waals surface area contributed by atoms with Crippen molar-refractivity contribution in [3.05, 3.63) is 35.1 Å². The third-order valence-electron chi connectivity index (χ3n) is 2.89. The summed E-state index contributed by atoms with van der Waals surface area (Å²) in [5, 5.41) is 15.1. The van der Waals surface area contributed by atoms with Crippen molar-refractivity contribution in [3.8, 4) is 6.07 Å². The summed E-state index contributed by atoms with van der Waals surface area (Å²) >= 11 is 0. The molecule has 0 fully saturated rings. The highest BCUT2D eigenvalue weighted by Gasteiger charge is 2.04. The molecular weight excluding hydrogens is 410 g/mol. The van der Waals surface area contributed by atoms with Crippen LogP contribution in [0.5, 0.6) is 0 Å². The number of ether oxygens (including phenoxy) is 1. The van der Waals surface area contributed by atoms with E-state index in [2.05, 4.69) is 15.6 Å². The van der Waals surface area contributed by atoms with Crippen molar-refractivity contribution >= 4 is 29.9 Å². The van der Waals surface area contributed by atoms with Gasteiger partial charge in [-0.2, -0.15) is 5.26 Å². The third-order valence-corrected chi connectivity index (χ3v) is 2.89. The number of nitriles is 1. The molecule has 0 atom stereocenters. The van der Waals surface area contributed by atoms with Crippen LogP contribution in [0.2, 0.25) is 0 Å². The number of hydrogen-bond donors (Lipinski definition) is 2. The van der Waals surface area contributed by atoms with E-state index in [0.29, 0.717) is 30.3 Å². The normalized spacial score (nSPS) is 10.6. The molecule has 128 valence electrons. The Labute approximate surface area is 154 Å². The predicted molar refractivity (Wildman–Crippen MR) is 100 cm³/mol. The Balaban J connectivity index is 0.00000484. The summed E-state index contributed by atoms with van der Waals surface area (Å²) in [6.07, 6.45) is 0.872. The standard InChI is InChI=1S/C16H23FN4O.HI/c1-3-19-16(20-8-5-9-22-4-2)21-12-14-10-13(11-18)6-7-15(14)17;/h6-7,10H,3-5,8-9,12H2,1-2H3,(H2,19,20,21);1H. The number of guanidine groups is 1. The summed E-state index contributed by atoms with van der Waals surface area (Å²) < 4.78 is 19.0. The van der Waals surface area contributed by atoms with E-state index >= 15 is 0 Å². The molecular formula is C16H24FIN4O. The first kappa shape index (κ1) is 21.6. The summed E-state index contributed by atoms with van der Waals surface area (Å²) in [6.45, 7) is 6.97. The van der Waals surface area contributed by atoms with Gasteiger partial charge in [-0.05, 0) is 38.5 Å². The second-order valence-corrected chi connectivity index (χ2v) is 4.59. The van der Waals surface area contributed by atoms with E-state index in [9.17, 15) is 4.39 Å². The Hall–Kier alpha value is -1.40. The molecule has 7 heteroatoms. The largest absolute Gasteiger partial charge is 0.382 e. The number of benzene rings is 1. The first-order valence-corrected chi connectivity index (χ1v) is 7.49. The molecule has 0 amide bonds. The Morgan fingerprint density at radius 2 is 2.13 bits per heavy atom. The lowest BCUT2D eigenvalue weighted by Crippen LogP contribution is -2.38. The number of halogens is 2. The van der Waals surface area contributed by atoms with Crippen LogP contribution in [0.25, 0.3) is 0 Å². The van der Waals surface area contributed by atoms with Crippen LogP contribution in [0.3, 0.4) is 0 Å². The number of rotatable bonds is 8. The van der Waals surface area contributed by atoms with E-state index in [1.807, 2.05) is 19.9 Å². The molecule has 1 rings (SSSR count). The molecule has 2 N–H and O–H groups in total. The number of nitrogens with one attached hydrogen (secondary N) is 2. The van der Waals surface area contributed by atoms with Crippen LogP contribution in [-0.2, 0) is 11.3 Å². The minimum absolute atomic E-state index is 0. The van der Waals surface area contributed by atoms with Gasteiger partial charge in [-0.25, -0.2) is 9.38 Å². The Morgan fingerprint density at radius 3 is 2.78 bits per heavy atom. The maximum Gasteiger partial charge on any atom is 0.191 e. The van der Waals surface area contributed by atoms with Crippen molar-refractivity contribution < 1.29 is 9.13 Å². The highest BCUT2D eigenvalue weighted by Crippen LogP contribution is 2.11. The first-order chi connectivity index (χ1) is 10.7. The minimum atomic E-state index is -0.352. The van der Waals surface area contributed by atoms with Crippen LogP contribution in [0.15, 0.2) is 23.2 Å². The zero-order valence-electron chi connectivity index (χ0n) is 13.6. The van der Waals surface area contributed by atoms with Gasteiger partial charge in [0.15, 0.2) is 5.96 Å². The fourth-order valence-corrected chi connectivity index (χ4v) is 1.80. The van der Waals surface area contributed by atoms with Gasteiger partial charge in [-0.15, -0.1) is 24.0 Å². The molecule has 0 aromatic heterocycles. The zero-order valence-corrected chi connectivity index (χ0v) is 15.9. The van der Waals surface area contributed by atoms with E-state index in [-0.39, 0.29) is 36.3 Å². The molecule has 0 aliphatic heterocycles. The van der Waals surface area contributed by atoms with E-state index in [4.69, 9.17) is 10.00 Å². The topological polar surface area (TPSA) is 69.4 Å². The highest BCUT2D eigenvalue weighted by atomic mass is 127. The minimum Gasteiger partial charge on any atom is -0.382 e. The maximum absolute atomic E-state index is 13.7. The van der Waals surface area contributed by atoms with Crippen LogP contribution < -0.4 is 10.6 Å². The predicted octanol–water partition coefficient (Wildman–Crippen LogP) is 2.80. The van der Waals surface area contributed by atoms with Gasteiger partial charge in [-0.1, -0.05) is 0 Å². The monoisotopic (exact) mass is 434 g/mol. The molecule has 0 aliphatic carbocycles. The second-order valence-electron chi connectivity index (χ2n) is 4.59. The summed E-state index contributed by atoms with van der Waals surface area (Å²) in [5.74, 6) is 0.274. The molecule has 0 saturated heterocycles. The molecule has 5 nitrogen and oxygen atoms in total. The number of hydrogen-bond acceptors (Lipinski definition) is 3. The lowest BCUT2D eigenvalue weighted by Gasteiger charge is -2.11. The van der Waals surface area contributed by atoms with Crippen LogP contribution in [-0.4, -0.2) is 32.3 Å².